The van der Waals surface area contributed by atoms with Crippen molar-refractivity contribution in [1.29, 1.82) is 0 Å². The van der Waals surface area contributed by atoms with Crippen LogP contribution in [0.2, 0.25) is 0 Å². The van der Waals surface area contributed by atoms with Crippen LogP contribution in [-0.2, 0) is 11.2 Å². The van der Waals surface area contributed by atoms with Gasteiger partial charge in [-0.3, -0.25) is 4.79 Å². The van der Waals surface area contributed by atoms with Gasteiger partial charge in [-0.2, -0.15) is 0 Å². The molecule has 0 aliphatic heterocycles. The van der Waals surface area contributed by atoms with E-state index in [0.717, 1.165) is 16.9 Å². The van der Waals surface area contributed by atoms with E-state index in [1.54, 1.807) is 14.2 Å². The third-order valence-corrected chi connectivity index (χ3v) is 2.68. The van der Waals surface area contributed by atoms with Gasteiger partial charge in [0.05, 0.1) is 20.6 Å². The van der Waals surface area contributed by atoms with Crippen LogP contribution in [0.1, 0.15) is 11.1 Å². The Hall–Kier alpha value is -1.75. The minimum absolute atomic E-state index is 0.0664. The minimum atomic E-state index is -0.0664. The number of amides is 1. The Morgan fingerprint density at radius 2 is 2.06 bits per heavy atom. The zero-order chi connectivity index (χ0) is 13.5. The molecule has 0 spiro atoms. The average Bonchev–Trinajstić information content (AvgIpc) is 2.37. The quantitative estimate of drug-likeness (QED) is 0.779. The molecule has 0 fully saturated rings. The van der Waals surface area contributed by atoms with Crippen LogP contribution in [0.5, 0.6) is 11.5 Å². The van der Waals surface area contributed by atoms with E-state index < -0.39 is 0 Å². The number of ether oxygens (including phenoxy) is 2. The largest absolute Gasteiger partial charge is 0.496 e. The van der Waals surface area contributed by atoms with Crippen molar-refractivity contribution in [2.45, 2.75) is 13.3 Å². The molecule has 5 heteroatoms. The van der Waals surface area contributed by atoms with E-state index in [4.69, 9.17) is 15.2 Å². The lowest BCUT2D eigenvalue weighted by Gasteiger charge is -2.14. The Bertz CT molecular complexity index is 419. The lowest BCUT2D eigenvalue weighted by Crippen LogP contribution is -2.30. The summed E-state index contributed by atoms with van der Waals surface area (Å²) in [6.45, 7) is 2.82. The first-order valence-corrected chi connectivity index (χ1v) is 5.81. The van der Waals surface area contributed by atoms with Crippen LogP contribution in [0.4, 0.5) is 0 Å². The highest BCUT2D eigenvalue weighted by Crippen LogP contribution is 2.31. The molecule has 18 heavy (non-hydrogen) atoms. The summed E-state index contributed by atoms with van der Waals surface area (Å²) in [5.74, 6) is 1.37. The van der Waals surface area contributed by atoms with Crippen molar-refractivity contribution in [2.75, 3.05) is 27.3 Å². The number of benzene rings is 1. The molecule has 0 radical (unpaired) electrons. The maximum absolute atomic E-state index is 11.7. The summed E-state index contributed by atoms with van der Waals surface area (Å²) in [5.41, 5.74) is 7.06. The molecule has 1 amide bonds. The van der Waals surface area contributed by atoms with Crippen LogP contribution in [0, 0.1) is 6.92 Å². The van der Waals surface area contributed by atoms with Gasteiger partial charge in [-0.15, -0.1) is 0 Å². The fourth-order valence-electron chi connectivity index (χ4n) is 1.82. The van der Waals surface area contributed by atoms with Crippen LogP contribution in [-0.4, -0.2) is 33.2 Å². The predicted molar refractivity (Wildman–Crippen MR) is 70.1 cm³/mol. The van der Waals surface area contributed by atoms with Crippen molar-refractivity contribution >= 4 is 5.91 Å². The number of hydrogen-bond donors (Lipinski definition) is 2. The lowest BCUT2D eigenvalue weighted by atomic mass is 10.1. The SMILES string of the molecule is COc1ccc(CC(=O)NCCN)c(OC)c1C. The van der Waals surface area contributed by atoms with Crippen molar-refractivity contribution in [3.63, 3.8) is 0 Å². The Balaban J connectivity index is 2.89. The van der Waals surface area contributed by atoms with E-state index in [2.05, 4.69) is 5.32 Å². The molecule has 100 valence electrons. The smallest absolute Gasteiger partial charge is 0.224 e. The molecule has 0 saturated heterocycles. The van der Waals surface area contributed by atoms with E-state index >= 15 is 0 Å². The summed E-state index contributed by atoms with van der Waals surface area (Å²) in [4.78, 5) is 11.7. The van der Waals surface area contributed by atoms with Gasteiger partial charge in [0.25, 0.3) is 0 Å². The van der Waals surface area contributed by atoms with Gasteiger partial charge in [0.15, 0.2) is 0 Å². The van der Waals surface area contributed by atoms with E-state index in [1.165, 1.54) is 0 Å². The molecular weight excluding hydrogens is 232 g/mol. The van der Waals surface area contributed by atoms with Gasteiger partial charge in [-0.05, 0) is 13.0 Å². The first-order valence-electron chi connectivity index (χ1n) is 5.81. The Morgan fingerprint density at radius 1 is 1.33 bits per heavy atom. The fourth-order valence-corrected chi connectivity index (χ4v) is 1.82. The van der Waals surface area contributed by atoms with Crippen molar-refractivity contribution in [2.24, 2.45) is 5.73 Å². The monoisotopic (exact) mass is 252 g/mol. The second kappa shape index (κ2) is 6.86. The van der Waals surface area contributed by atoms with Gasteiger partial charge in [-0.1, -0.05) is 6.07 Å². The molecule has 0 bridgehead atoms. The van der Waals surface area contributed by atoms with Crippen LogP contribution in [0.3, 0.4) is 0 Å². The first-order chi connectivity index (χ1) is 8.63. The number of methoxy groups -OCH3 is 2. The second-order valence-electron chi connectivity index (χ2n) is 3.90. The third-order valence-electron chi connectivity index (χ3n) is 2.68. The minimum Gasteiger partial charge on any atom is -0.496 e. The number of nitrogens with one attached hydrogen (secondary N) is 1. The van der Waals surface area contributed by atoms with E-state index in [1.807, 2.05) is 19.1 Å². The van der Waals surface area contributed by atoms with E-state index in [-0.39, 0.29) is 12.3 Å². The van der Waals surface area contributed by atoms with Crippen molar-refractivity contribution < 1.29 is 14.3 Å². The van der Waals surface area contributed by atoms with Gasteiger partial charge in [-0.25, -0.2) is 0 Å². The number of hydrogen-bond acceptors (Lipinski definition) is 4. The van der Waals surface area contributed by atoms with Crippen LogP contribution in [0.15, 0.2) is 12.1 Å². The summed E-state index contributed by atoms with van der Waals surface area (Å²) >= 11 is 0. The van der Waals surface area contributed by atoms with E-state index in [0.29, 0.717) is 18.8 Å². The maximum atomic E-state index is 11.7. The molecule has 1 aromatic carbocycles. The molecule has 1 rings (SSSR count). The molecule has 0 atom stereocenters. The standard InChI is InChI=1S/C13H20N2O3/c1-9-11(17-2)5-4-10(13(9)18-3)8-12(16)15-7-6-14/h4-5H,6-8,14H2,1-3H3,(H,15,16). The molecule has 0 aliphatic carbocycles. The summed E-state index contributed by atoms with van der Waals surface area (Å²) in [7, 11) is 3.19. The lowest BCUT2D eigenvalue weighted by molar-refractivity contribution is -0.120. The molecule has 0 aromatic heterocycles. The van der Waals surface area contributed by atoms with Crippen LogP contribution < -0.4 is 20.5 Å². The molecule has 5 nitrogen and oxygen atoms in total. The predicted octanol–water partition coefficient (Wildman–Crippen LogP) is 0.630. The molecule has 0 heterocycles. The van der Waals surface area contributed by atoms with Crippen molar-refractivity contribution in [3.05, 3.63) is 23.3 Å². The van der Waals surface area contributed by atoms with Gasteiger partial charge in [0.1, 0.15) is 11.5 Å². The maximum Gasteiger partial charge on any atom is 0.224 e. The normalized spacial score (nSPS) is 10.0. The van der Waals surface area contributed by atoms with Crippen molar-refractivity contribution in [1.82, 2.24) is 5.32 Å². The van der Waals surface area contributed by atoms with Crippen LogP contribution in [0.25, 0.3) is 0 Å². The number of rotatable bonds is 6. The van der Waals surface area contributed by atoms with E-state index in [9.17, 15) is 4.79 Å². The van der Waals surface area contributed by atoms with Gasteiger partial charge in [0.2, 0.25) is 5.91 Å². The Morgan fingerprint density at radius 3 is 2.61 bits per heavy atom. The highest BCUT2D eigenvalue weighted by atomic mass is 16.5. The van der Waals surface area contributed by atoms with Gasteiger partial charge >= 0.3 is 0 Å². The Labute approximate surface area is 107 Å². The van der Waals surface area contributed by atoms with Gasteiger partial charge in [0, 0.05) is 24.2 Å². The molecule has 0 saturated carbocycles. The zero-order valence-electron chi connectivity index (χ0n) is 11.1. The fraction of sp³-hybridized carbons (Fsp3) is 0.462. The average molecular weight is 252 g/mol. The molecular formula is C13H20N2O3. The van der Waals surface area contributed by atoms with Crippen LogP contribution >= 0.6 is 0 Å². The van der Waals surface area contributed by atoms with Crippen molar-refractivity contribution in [3.8, 4) is 11.5 Å². The second-order valence-corrected chi connectivity index (χ2v) is 3.90. The third kappa shape index (κ3) is 3.37. The summed E-state index contributed by atoms with van der Waals surface area (Å²) in [5, 5.41) is 2.73. The molecule has 0 aliphatic rings. The number of carbonyl (C=O) groups excluding carboxylic acids is 1. The first kappa shape index (κ1) is 14.3. The molecule has 3 N–H and O–H groups in total. The molecule has 1 aromatic rings. The van der Waals surface area contributed by atoms with Gasteiger partial charge < -0.3 is 20.5 Å². The molecule has 0 unspecified atom stereocenters. The Kier molecular flexibility index (Phi) is 5.45. The summed E-state index contributed by atoms with van der Waals surface area (Å²) < 4.78 is 10.6. The highest BCUT2D eigenvalue weighted by molar-refractivity contribution is 5.79. The zero-order valence-corrected chi connectivity index (χ0v) is 11.1. The highest BCUT2D eigenvalue weighted by Gasteiger charge is 2.13. The summed E-state index contributed by atoms with van der Waals surface area (Å²) in [6.07, 6.45) is 0.272. The number of nitrogens with two attached hydrogens (primary N) is 1. The topological polar surface area (TPSA) is 73.6 Å². The summed E-state index contributed by atoms with van der Waals surface area (Å²) in [6, 6.07) is 3.68. The number of carbonyl (C=O) groups is 1.